The van der Waals surface area contributed by atoms with E-state index in [1.165, 1.54) is 5.56 Å². The molecule has 0 fully saturated rings. The molecule has 0 saturated carbocycles. The molecule has 0 bridgehead atoms. The van der Waals surface area contributed by atoms with E-state index in [2.05, 4.69) is 5.32 Å². The zero-order valence-corrected chi connectivity index (χ0v) is 12.9. The van der Waals surface area contributed by atoms with Crippen LogP contribution < -0.4 is 5.32 Å². The van der Waals surface area contributed by atoms with Gasteiger partial charge in [-0.05, 0) is 30.2 Å². The fraction of sp³-hybridized carbons (Fsp3) is 0.588. The Labute approximate surface area is 122 Å². The highest BCUT2D eigenvalue weighted by molar-refractivity contribution is 5.78. The molecule has 0 heterocycles. The van der Waals surface area contributed by atoms with Gasteiger partial charge in [0.05, 0.1) is 0 Å². The highest BCUT2D eigenvalue weighted by Crippen LogP contribution is 2.20. The Morgan fingerprint density at radius 3 is 2.55 bits per heavy atom. The number of amides is 1. The Morgan fingerprint density at radius 2 is 1.95 bits per heavy atom. The van der Waals surface area contributed by atoms with Crippen LogP contribution in [0.3, 0.4) is 0 Å². The van der Waals surface area contributed by atoms with E-state index in [1.807, 2.05) is 51.1 Å². The summed E-state index contributed by atoms with van der Waals surface area (Å²) in [6.45, 7) is 6.90. The predicted molar refractivity (Wildman–Crippen MR) is 82.4 cm³/mol. The Balaban J connectivity index is 2.25. The number of hydrogen-bond acceptors (Lipinski definition) is 2. The van der Waals surface area contributed by atoms with E-state index in [0.717, 1.165) is 19.3 Å². The maximum absolute atomic E-state index is 12.0. The molecule has 0 spiro atoms. The lowest BCUT2D eigenvalue weighted by atomic mass is 9.89. The number of carbonyl (C=O) groups is 1. The van der Waals surface area contributed by atoms with Gasteiger partial charge < -0.3 is 10.4 Å². The molecule has 3 heteroatoms. The SMILES string of the molecule is CC(Cc1ccccc1)C(=O)NCCCC(C)(C)CO. The second-order valence-electron chi connectivity index (χ2n) is 6.31. The first-order valence-corrected chi connectivity index (χ1v) is 7.37. The van der Waals surface area contributed by atoms with E-state index >= 15 is 0 Å². The zero-order chi connectivity index (χ0) is 15.0. The van der Waals surface area contributed by atoms with E-state index in [-0.39, 0.29) is 23.8 Å². The van der Waals surface area contributed by atoms with Crippen molar-refractivity contribution < 1.29 is 9.90 Å². The van der Waals surface area contributed by atoms with Crippen molar-refractivity contribution in [2.24, 2.45) is 11.3 Å². The number of nitrogens with one attached hydrogen (secondary N) is 1. The summed E-state index contributed by atoms with van der Waals surface area (Å²) in [6.07, 6.45) is 2.59. The topological polar surface area (TPSA) is 49.3 Å². The smallest absolute Gasteiger partial charge is 0.223 e. The molecule has 20 heavy (non-hydrogen) atoms. The third-order valence-electron chi connectivity index (χ3n) is 3.59. The van der Waals surface area contributed by atoms with Crippen molar-refractivity contribution in [1.29, 1.82) is 0 Å². The molecular weight excluding hydrogens is 250 g/mol. The minimum atomic E-state index is -0.0552. The van der Waals surface area contributed by atoms with E-state index in [9.17, 15) is 4.79 Å². The van der Waals surface area contributed by atoms with Crippen molar-refractivity contribution in [3.05, 3.63) is 35.9 Å². The van der Waals surface area contributed by atoms with Gasteiger partial charge in [-0.2, -0.15) is 0 Å². The van der Waals surface area contributed by atoms with Crippen LogP contribution in [0.5, 0.6) is 0 Å². The summed E-state index contributed by atoms with van der Waals surface area (Å²) < 4.78 is 0. The zero-order valence-electron chi connectivity index (χ0n) is 12.9. The minimum absolute atomic E-state index is 0.0109. The number of benzene rings is 1. The summed E-state index contributed by atoms with van der Waals surface area (Å²) in [5.74, 6) is 0.0962. The largest absolute Gasteiger partial charge is 0.396 e. The first-order chi connectivity index (χ1) is 9.44. The first-order valence-electron chi connectivity index (χ1n) is 7.37. The first kappa shape index (κ1) is 16.7. The van der Waals surface area contributed by atoms with Gasteiger partial charge in [0.1, 0.15) is 0 Å². The molecule has 0 radical (unpaired) electrons. The standard InChI is InChI=1S/C17H27NO2/c1-14(12-15-8-5-4-6-9-15)16(20)18-11-7-10-17(2,3)13-19/h4-6,8-9,14,19H,7,10-13H2,1-3H3,(H,18,20). The van der Waals surface area contributed by atoms with Gasteiger partial charge in [0.25, 0.3) is 0 Å². The second-order valence-corrected chi connectivity index (χ2v) is 6.31. The minimum Gasteiger partial charge on any atom is -0.396 e. The lowest BCUT2D eigenvalue weighted by Gasteiger charge is -2.21. The Hall–Kier alpha value is -1.35. The molecule has 0 saturated heterocycles. The van der Waals surface area contributed by atoms with E-state index in [4.69, 9.17) is 5.11 Å². The van der Waals surface area contributed by atoms with Crippen molar-refractivity contribution in [3.8, 4) is 0 Å². The fourth-order valence-corrected chi connectivity index (χ4v) is 2.09. The van der Waals surface area contributed by atoms with Crippen molar-refractivity contribution in [2.75, 3.05) is 13.2 Å². The van der Waals surface area contributed by atoms with Gasteiger partial charge in [-0.1, -0.05) is 51.1 Å². The predicted octanol–water partition coefficient (Wildman–Crippen LogP) is 2.78. The molecule has 1 rings (SSSR count). The molecule has 0 aliphatic rings. The summed E-state index contributed by atoms with van der Waals surface area (Å²) in [5.41, 5.74) is 1.14. The van der Waals surface area contributed by atoms with Gasteiger partial charge in [0.15, 0.2) is 0 Å². The van der Waals surface area contributed by atoms with Crippen LogP contribution >= 0.6 is 0 Å². The second kappa shape index (κ2) is 8.05. The van der Waals surface area contributed by atoms with Crippen molar-refractivity contribution >= 4 is 5.91 Å². The van der Waals surface area contributed by atoms with Gasteiger partial charge in [0.2, 0.25) is 5.91 Å². The van der Waals surface area contributed by atoms with Crippen molar-refractivity contribution in [2.45, 2.75) is 40.0 Å². The maximum Gasteiger partial charge on any atom is 0.223 e. The summed E-state index contributed by atoms with van der Waals surface area (Å²) in [6, 6.07) is 10.1. The third kappa shape index (κ3) is 6.20. The number of aliphatic hydroxyl groups is 1. The van der Waals surface area contributed by atoms with Crippen molar-refractivity contribution in [3.63, 3.8) is 0 Å². The molecule has 1 atom stereocenters. The molecule has 112 valence electrons. The molecule has 1 amide bonds. The molecule has 1 aromatic rings. The van der Waals surface area contributed by atoms with E-state index in [1.54, 1.807) is 0 Å². The summed E-state index contributed by atoms with van der Waals surface area (Å²) in [5, 5.41) is 12.1. The maximum atomic E-state index is 12.0. The Bertz CT molecular complexity index is 401. The van der Waals surface area contributed by atoms with Gasteiger partial charge in [0, 0.05) is 19.1 Å². The van der Waals surface area contributed by atoms with Crippen LogP contribution in [0.25, 0.3) is 0 Å². The lowest BCUT2D eigenvalue weighted by Crippen LogP contribution is -2.31. The summed E-state index contributed by atoms with van der Waals surface area (Å²) >= 11 is 0. The normalized spacial score (nSPS) is 13.0. The molecule has 2 N–H and O–H groups in total. The monoisotopic (exact) mass is 277 g/mol. The van der Waals surface area contributed by atoms with E-state index in [0.29, 0.717) is 6.54 Å². The van der Waals surface area contributed by atoms with Crippen molar-refractivity contribution in [1.82, 2.24) is 5.32 Å². The highest BCUT2D eigenvalue weighted by Gasteiger charge is 2.16. The molecule has 1 unspecified atom stereocenters. The number of aliphatic hydroxyl groups excluding tert-OH is 1. The molecular formula is C17H27NO2. The molecule has 3 nitrogen and oxygen atoms in total. The average Bonchev–Trinajstić information content (AvgIpc) is 2.44. The van der Waals surface area contributed by atoms with Crippen LogP contribution in [-0.4, -0.2) is 24.2 Å². The lowest BCUT2D eigenvalue weighted by molar-refractivity contribution is -0.124. The molecule has 0 aliphatic heterocycles. The average molecular weight is 277 g/mol. The van der Waals surface area contributed by atoms with E-state index < -0.39 is 0 Å². The quantitative estimate of drug-likeness (QED) is 0.718. The van der Waals surface area contributed by atoms with Crippen LogP contribution in [-0.2, 0) is 11.2 Å². The third-order valence-corrected chi connectivity index (χ3v) is 3.59. The van der Waals surface area contributed by atoms with Gasteiger partial charge in [-0.15, -0.1) is 0 Å². The van der Waals surface area contributed by atoms with Crippen LogP contribution in [0.4, 0.5) is 0 Å². The Morgan fingerprint density at radius 1 is 1.30 bits per heavy atom. The molecule has 0 aromatic heterocycles. The Kier molecular flexibility index (Phi) is 6.73. The van der Waals surface area contributed by atoms with Crippen LogP contribution in [0.1, 0.15) is 39.2 Å². The van der Waals surface area contributed by atoms with Gasteiger partial charge >= 0.3 is 0 Å². The molecule has 1 aromatic carbocycles. The number of hydrogen-bond donors (Lipinski definition) is 2. The number of carbonyl (C=O) groups excluding carboxylic acids is 1. The summed E-state index contributed by atoms with van der Waals surface area (Å²) in [4.78, 5) is 12.0. The summed E-state index contributed by atoms with van der Waals surface area (Å²) in [7, 11) is 0. The van der Waals surface area contributed by atoms with Crippen LogP contribution in [0.15, 0.2) is 30.3 Å². The van der Waals surface area contributed by atoms with Crippen LogP contribution in [0.2, 0.25) is 0 Å². The highest BCUT2D eigenvalue weighted by atomic mass is 16.3. The fourth-order valence-electron chi connectivity index (χ4n) is 2.09. The molecule has 0 aliphatic carbocycles. The van der Waals surface area contributed by atoms with Crippen LogP contribution in [0, 0.1) is 11.3 Å². The van der Waals surface area contributed by atoms with Gasteiger partial charge in [-0.25, -0.2) is 0 Å². The number of rotatable bonds is 8. The van der Waals surface area contributed by atoms with Gasteiger partial charge in [-0.3, -0.25) is 4.79 Å².